The monoisotopic (exact) mass is 216 g/mol. The summed E-state index contributed by atoms with van der Waals surface area (Å²) in [7, 11) is 1.82. The molecule has 0 spiro atoms. The highest BCUT2D eigenvalue weighted by Gasteiger charge is 2.16. The molecule has 0 aromatic carbocycles. The maximum absolute atomic E-state index is 11.6. The lowest BCUT2D eigenvalue weighted by Gasteiger charge is -2.26. The van der Waals surface area contributed by atoms with Crippen molar-refractivity contribution in [3.8, 4) is 0 Å². The van der Waals surface area contributed by atoms with E-state index in [1.807, 2.05) is 7.05 Å². The minimum atomic E-state index is 0.0246. The summed E-state index contributed by atoms with van der Waals surface area (Å²) in [6.07, 6.45) is 1.01. The predicted molar refractivity (Wildman–Crippen MR) is 61.6 cm³/mol. The summed E-state index contributed by atoms with van der Waals surface area (Å²) in [5.74, 6) is 0.622. The van der Waals surface area contributed by atoms with E-state index in [0.717, 1.165) is 6.42 Å². The zero-order valence-electron chi connectivity index (χ0n) is 10.3. The molecule has 2 N–H and O–H groups in total. The van der Waals surface area contributed by atoms with Crippen LogP contribution in [0.3, 0.4) is 0 Å². The molecule has 0 radical (unpaired) electrons. The van der Waals surface area contributed by atoms with Crippen LogP contribution in [0.2, 0.25) is 0 Å². The van der Waals surface area contributed by atoms with Gasteiger partial charge in [-0.05, 0) is 19.3 Å². The summed E-state index contributed by atoms with van der Waals surface area (Å²) < 4.78 is 5.10. The highest BCUT2D eigenvalue weighted by molar-refractivity contribution is 5.77. The molecule has 4 nitrogen and oxygen atoms in total. The van der Waals surface area contributed by atoms with Crippen LogP contribution < -0.4 is 5.73 Å². The van der Waals surface area contributed by atoms with E-state index in [1.165, 1.54) is 0 Å². The van der Waals surface area contributed by atoms with Crippen LogP contribution in [0.5, 0.6) is 0 Å². The maximum Gasteiger partial charge on any atom is 0.248 e. The van der Waals surface area contributed by atoms with Gasteiger partial charge in [0, 0.05) is 19.6 Å². The molecule has 0 saturated heterocycles. The Morgan fingerprint density at radius 3 is 2.47 bits per heavy atom. The standard InChI is InChI=1S/C11H24N2O2/c1-9(2)7-10(3)13(4)11(14)8-15-6-5-12/h9-10H,5-8,12H2,1-4H3. The molecule has 90 valence electrons. The van der Waals surface area contributed by atoms with E-state index >= 15 is 0 Å². The SMILES string of the molecule is CC(C)CC(C)N(C)C(=O)COCCN. The smallest absolute Gasteiger partial charge is 0.248 e. The average Bonchev–Trinajstić information content (AvgIpc) is 2.15. The lowest BCUT2D eigenvalue weighted by Crippen LogP contribution is -2.38. The Hall–Kier alpha value is -0.610. The van der Waals surface area contributed by atoms with Gasteiger partial charge in [0.25, 0.3) is 0 Å². The van der Waals surface area contributed by atoms with Gasteiger partial charge in [-0.2, -0.15) is 0 Å². The summed E-state index contributed by atoms with van der Waals surface area (Å²) in [5, 5.41) is 0. The second-order valence-corrected chi connectivity index (χ2v) is 4.32. The topological polar surface area (TPSA) is 55.6 Å². The number of likely N-dealkylation sites (N-methyl/N-ethyl adjacent to an activating group) is 1. The molecule has 0 aromatic heterocycles. The second-order valence-electron chi connectivity index (χ2n) is 4.32. The van der Waals surface area contributed by atoms with E-state index in [2.05, 4.69) is 20.8 Å². The molecule has 0 aliphatic carbocycles. The van der Waals surface area contributed by atoms with Crippen LogP contribution in [0.15, 0.2) is 0 Å². The van der Waals surface area contributed by atoms with Gasteiger partial charge in [0.05, 0.1) is 6.61 Å². The first-order chi connectivity index (χ1) is 6.99. The molecule has 1 unspecified atom stereocenters. The Balaban J connectivity index is 3.85. The lowest BCUT2D eigenvalue weighted by molar-refractivity contribution is -0.136. The van der Waals surface area contributed by atoms with Crippen LogP contribution >= 0.6 is 0 Å². The van der Waals surface area contributed by atoms with Crippen LogP contribution in [-0.4, -0.2) is 43.7 Å². The molecule has 15 heavy (non-hydrogen) atoms. The normalized spacial score (nSPS) is 12.9. The van der Waals surface area contributed by atoms with Crippen LogP contribution in [0.25, 0.3) is 0 Å². The van der Waals surface area contributed by atoms with Gasteiger partial charge in [-0.15, -0.1) is 0 Å². The Morgan fingerprint density at radius 2 is 2.00 bits per heavy atom. The van der Waals surface area contributed by atoms with E-state index < -0.39 is 0 Å². The van der Waals surface area contributed by atoms with E-state index in [1.54, 1.807) is 4.90 Å². The number of rotatable bonds is 7. The lowest BCUT2D eigenvalue weighted by atomic mass is 10.0. The Kier molecular flexibility index (Phi) is 7.34. The van der Waals surface area contributed by atoms with Crippen molar-refractivity contribution in [2.75, 3.05) is 26.8 Å². The fourth-order valence-corrected chi connectivity index (χ4v) is 1.43. The first-order valence-electron chi connectivity index (χ1n) is 5.52. The molecule has 0 rings (SSSR count). The van der Waals surface area contributed by atoms with Crippen molar-refractivity contribution in [3.05, 3.63) is 0 Å². The molecule has 0 saturated carbocycles. The molecule has 1 amide bonds. The van der Waals surface area contributed by atoms with Crippen LogP contribution in [0.1, 0.15) is 27.2 Å². The third kappa shape index (κ3) is 6.47. The third-order valence-corrected chi connectivity index (χ3v) is 2.35. The van der Waals surface area contributed by atoms with E-state index in [-0.39, 0.29) is 18.6 Å². The van der Waals surface area contributed by atoms with Gasteiger partial charge < -0.3 is 15.4 Å². The molecule has 0 heterocycles. The number of hydrogen-bond acceptors (Lipinski definition) is 3. The van der Waals surface area contributed by atoms with E-state index in [0.29, 0.717) is 19.1 Å². The average molecular weight is 216 g/mol. The molecule has 4 heteroatoms. The number of ether oxygens (including phenoxy) is 1. The summed E-state index contributed by atoms with van der Waals surface area (Å²) >= 11 is 0. The molecule has 1 atom stereocenters. The molecular weight excluding hydrogens is 192 g/mol. The van der Waals surface area contributed by atoms with Crippen molar-refractivity contribution in [1.82, 2.24) is 4.90 Å². The van der Waals surface area contributed by atoms with Crippen LogP contribution in [-0.2, 0) is 9.53 Å². The second kappa shape index (κ2) is 7.65. The summed E-state index contributed by atoms with van der Waals surface area (Å²) in [4.78, 5) is 13.3. The molecule has 0 aromatic rings. The van der Waals surface area contributed by atoms with Gasteiger partial charge in [-0.3, -0.25) is 4.79 Å². The van der Waals surface area contributed by atoms with Gasteiger partial charge >= 0.3 is 0 Å². The molecule has 0 aliphatic rings. The van der Waals surface area contributed by atoms with Crippen molar-refractivity contribution in [2.45, 2.75) is 33.2 Å². The number of carbonyl (C=O) groups excluding carboxylic acids is 1. The first kappa shape index (κ1) is 14.4. The zero-order chi connectivity index (χ0) is 11.8. The van der Waals surface area contributed by atoms with Crippen molar-refractivity contribution in [1.29, 1.82) is 0 Å². The van der Waals surface area contributed by atoms with Gasteiger partial charge in [-0.1, -0.05) is 13.8 Å². The largest absolute Gasteiger partial charge is 0.370 e. The minimum Gasteiger partial charge on any atom is -0.370 e. The van der Waals surface area contributed by atoms with Gasteiger partial charge in [-0.25, -0.2) is 0 Å². The fourth-order valence-electron chi connectivity index (χ4n) is 1.43. The predicted octanol–water partition coefficient (Wildman–Crippen LogP) is 0.855. The quantitative estimate of drug-likeness (QED) is 0.642. The number of amides is 1. The first-order valence-corrected chi connectivity index (χ1v) is 5.52. The number of carbonyl (C=O) groups is 1. The third-order valence-electron chi connectivity index (χ3n) is 2.35. The summed E-state index contributed by atoms with van der Waals surface area (Å²) in [5.41, 5.74) is 5.27. The molecular formula is C11H24N2O2. The van der Waals surface area contributed by atoms with Crippen molar-refractivity contribution < 1.29 is 9.53 Å². The Morgan fingerprint density at radius 1 is 1.40 bits per heavy atom. The summed E-state index contributed by atoms with van der Waals surface area (Å²) in [6.45, 7) is 7.40. The molecule has 0 aliphatic heterocycles. The van der Waals surface area contributed by atoms with Crippen LogP contribution in [0.4, 0.5) is 0 Å². The van der Waals surface area contributed by atoms with Crippen LogP contribution in [0, 0.1) is 5.92 Å². The zero-order valence-corrected chi connectivity index (χ0v) is 10.3. The number of hydrogen-bond donors (Lipinski definition) is 1. The minimum absolute atomic E-state index is 0.0246. The molecule has 0 bridgehead atoms. The molecule has 0 fully saturated rings. The highest BCUT2D eigenvalue weighted by atomic mass is 16.5. The number of nitrogens with zero attached hydrogens (tertiary/aromatic N) is 1. The van der Waals surface area contributed by atoms with E-state index in [9.17, 15) is 4.79 Å². The summed E-state index contributed by atoms with van der Waals surface area (Å²) in [6, 6.07) is 0.263. The maximum atomic E-state index is 11.6. The van der Waals surface area contributed by atoms with Crippen molar-refractivity contribution >= 4 is 5.91 Å². The fraction of sp³-hybridized carbons (Fsp3) is 0.909. The van der Waals surface area contributed by atoms with Gasteiger partial charge in [0.2, 0.25) is 5.91 Å². The number of nitrogens with two attached hydrogens (primary N) is 1. The highest BCUT2D eigenvalue weighted by Crippen LogP contribution is 2.09. The Bertz CT molecular complexity index is 183. The van der Waals surface area contributed by atoms with E-state index in [4.69, 9.17) is 10.5 Å². The van der Waals surface area contributed by atoms with Crippen molar-refractivity contribution in [3.63, 3.8) is 0 Å². The van der Waals surface area contributed by atoms with Gasteiger partial charge in [0.15, 0.2) is 0 Å². The van der Waals surface area contributed by atoms with Crippen molar-refractivity contribution in [2.24, 2.45) is 11.7 Å². The Labute approximate surface area is 92.8 Å². The van der Waals surface area contributed by atoms with Gasteiger partial charge in [0.1, 0.15) is 6.61 Å².